The van der Waals surface area contributed by atoms with Crippen molar-refractivity contribution in [2.45, 2.75) is 12.8 Å². The van der Waals surface area contributed by atoms with Crippen molar-refractivity contribution in [3.05, 3.63) is 64.7 Å². The van der Waals surface area contributed by atoms with Crippen molar-refractivity contribution in [3.8, 4) is 12.3 Å². The van der Waals surface area contributed by atoms with Gasteiger partial charge in [-0.1, -0.05) is 29.7 Å². The summed E-state index contributed by atoms with van der Waals surface area (Å²) in [4.78, 5) is 36.2. The van der Waals surface area contributed by atoms with E-state index in [9.17, 15) is 14.4 Å². The molecule has 0 fully saturated rings. The van der Waals surface area contributed by atoms with Gasteiger partial charge in [0, 0.05) is 23.6 Å². The summed E-state index contributed by atoms with van der Waals surface area (Å²) >= 11 is 5.79. The zero-order valence-corrected chi connectivity index (χ0v) is 15.9. The van der Waals surface area contributed by atoms with Crippen LogP contribution in [0.4, 0.5) is 5.69 Å². The number of halogens is 1. The fraction of sp³-hybridized carbons (Fsp3) is 0.190. The maximum atomic E-state index is 12.2. The molecule has 0 saturated heterocycles. The Labute approximate surface area is 168 Å². The van der Waals surface area contributed by atoms with Crippen LogP contribution in [0.15, 0.2) is 48.5 Å². The first-order chi connectivity index (χ1) is 13.5. The third kappa shape index (κ3) is 6.45. The van der Waals surface area contributed by atoms with Crippen LogP contribution >= 0.6 is 11.6 Å². The first kappa shape index (κ1) is 21.0. The maximum absolute atomic E-state index is 12.2. The second-order valence-corrected chi connectivity index (χ2v) is 6.28. The highest BCUT2D eigenvalue weighted by Gasteiger charge is 2.12. The van der Waals surface area contributed by atoms with Crippen LogP contribution in [-0.2, 0) is 4.79 Å². The van der Waals surface area contributed by atoms with Gasteiger partial charge < -0.3 is 16.0 Å². The summed E-state index contributed by atoms with van der Waals surface area (Å²) in [6.45, 7) is 0.452. The van der Waals surface area contributed by atoms with E-state index >= 15 is 0 Å². The van der Waals surface area contributed by atoms with E-state index in [2.05, 4.69) is 21.9 Å². The number of benzene rings is 2. The fourth-order valence-corrected chi connectivity index (χ4v) is 2.51. The summed E-state index contributed by atoms with van der Waals surface area (Å²) < 4.78 is 0. The first-order valence-electron chi connectivity index (χ1n) is 8.65. The largest absolute Gasteiger partial charge is 0.352 e. The summed E-state index contributed by atoms with van der Waals surface area (Å²) in [7, 11) is 0. The zero-order chi connectivity index (χ0) is 20.4. The molecule has 0 radical (unpaired) electrons. The Balaban J connectivity index is 1.80. The molecule has 0 aliphatic heterocycles. The van der Waals surface area contributed by atoms with Crippen molar-refractivity contribution in [2.24, 2.45) is 0 Å². The van der Waals surface area contributed by atoms with Gasteiger partial charge in [-0.25, -0.2) is 0 Å². The van der Waals surface area contributed by atoms with Crippen molar-refractivity contribution >= 4 is 35.0 Å². The van der Waals surface area contributed by atoms with Gasteiger partial charge in [0.25, 0.3) is 11.8 Å². The molecule has 0 atom stereocenters. The Kier molecular flexibility index (Phi) is 8.07. The van der Waals surface area contributed by atoms with Crippen LogP contribution in [0.5, 0.6) is 0 Å². The minimum absolute atomic E-state index is 0.106. The van der Waals surface area contributed by atoms with E-state index in [-0.39, 0.29) is 30.7 Å². The van der Waals surface area contributed by atoms with Gasteiger partial charge in [0.15, 0.2) is 0 Å². The topological polar surface area (TPSA) is 87.3 Å². The molecule has 7 heteroatoms. The predicted molar refractivity (Wildman–Crippen MR) is 109 cm³/mol. The molecular weight excluding hydrogens is 378 g/mol. The van der Waals surface area contributed by atoms with Crippen molar-refractivity contribution in [1.82, 2.24) is 10.6 Å². The van der Waals surface area contributed by atoms with Gasteiger partial charge in [-0.3, -0.25) is 14.4 Å². The highest BCUT2D eigenvalue weighted by molar-refractivity contribution is 6.30. The smallest absolute Gasteiger partial charge is 0.254 e. The van der Waals surface area contributed by atoms with Gasteiger partial charge in [-0.2, -0.15) is 0 Å². The van der Waals surface area contributed by atoms with Gasteiger partial charge in [-0.05, 0) is 42.8 Å². The van der Waals surface area contributed by atoms with Gasteiger partial charge >= 0.3 is 0 Å². The summed E-state index contributed by atoms with van der Waals surface area (Å²) in [5, 5.41) is 8.58. The lowest BCUT2D eigenvalue weighted by Gasteiger charge is -2.11. The molecule has 0 aliphatic carbocycles. The Morgan fingerprint density at radius 2 is 1.68 bits per heavy atom. The van der Waals surface area contributed by atoms with Crippen LogP contribution in [0.2, 0.25) is 5.02 Å². The molecule has 0 unspecified atom stereocenters. The number of amides is 3. The quantitative estimate of drug-likeness (QED) is 0.473. The second-order valence-electron chi connectivity index (χ2n) is 5.85. The number of para-hydroxylation sites is 1. The molecule has 0 heterocycles. The molecule has 2 aromatic carbocycles. The van der Waals surface area contributed by atoms with Gasteiger partial charge in [0.2, 0.25) is 5.91 Å². The standard InChI is InChI=1S/C21H20ClN3O3/c1-2-13-23-21(28)17-6-3-4-7-18(17)25-19(26)8-5-14-24-20(27)15-9-11-16(22)12-10-15/h1,3-4,6-7,9-12H,5,8,13-14H2,(H,23,28)(H,24,27)(H,25,26). The Bertz CT molecular complexity index is 889. The minimum atomic E-state index is -0.357. The van der Waals surface area contributed by atoms with Crippen LogP contribution in [-0.4, -0.2) is 30.8 Å². The highest BCUT2D eigenvalue weighted by atomic mass is 35.5. The molecule has 2 aromatic rings. The molecule has 0 bridgehead atoms. The molecule has 2 rings (SSSR count). The van der Waals surface area contributed by atoms with Gasteiger partial charge in [0.1, 0.15) is 0 Å². The average molecular weight is 398 g/mol. The number of carbonyl (C=O) groups is 3. The number of hydrogen-bond acceptors (Lipinski definition) is 3. The van der Waals surface area contributed by atoms with Gasteiger partial charge in [-0.15, -0.1) is 6.42 Å². The Morgan fingerprint density at radius 3 is 2.39 bits per heavy atom. The summed E-state index contributed by atoms with van der Waals surface area (Å²) in [5.41, 5.74) is 1.25. The molecule has 0 aliphatic rings. The minimum Gasteiger partial charge on any atom is -0.352 e. The van der Waals surface area contributed by atoms with E-state index in [0.29, 0.717) is 34.8 Å². The summed E-state index contributed by atoms with van der Waals surface area (Å²) in [6.07, 6.45) is 5.79. The van der Waals surface area contributed by atoms with E-state index in [1.807, 2.05) is 0 Å². The number of rotatable bonds is 8. The van der Waals surface area contributed by atoms with Crippen LogP contribution < -0.4 is 16.0 Å². The molecule has 3 amide bonds. The Hall–Kier alpha value is -3.30. The fourth-order valence-electron chi connectivity index (χ4n) is 2.38. The van der Waals surface area contributed by atoms with E-state index in [1.54, 1.807) is 48.5 Å². The van der Waals surface area contributed by atoms with Crippen molar-refractivity contribution in [1.29, 1.82) is 0 Å². The Morgan fingerprint density at radius 1 is 0.964 bits per heavy atom. The number of hydrogen-bond donors (Lipinski definition) is 3. The molecule has 28 heavy (non-hydrogen) atoms. The van der Waals surface area contributed by atoms with Crippen LogP contribution in [0.3, 0.4) is 0 Å². The van der Waals surface area contributed by atoms with Crippen LogP contribution in [0.1, 0.15) is 33.6 Å². The summed E-state index contributed by atoms with van der Waals surface area (Å²) in [5.74, 6) is 1.49. The van der Waals surface area contributed by atoms with Crippen LogP contribution in [0.25, 0.3) is 0 Å². The molecule has 0 aromatic heterocycles. The number of nitrogens with one attached hydrogen (secondary N) is 3. The monoisotopic (exact) mass is 397 g/mol. The SMILES string of the molecule is C#CCNC(=O)c1ccccc1NC(=O)CCCNC(=O)c1ccc(Cl)cc1. The zero-order valence-electron chi connectivity index (χ0n) is 15.1. The van der Waals surface area contributed by atoms with Crippen molar-refractivity contribution < 1.29 is 14.4 Å². The lowest BCUT2D eigenvalue weighted by molar-refractivity contribution is -0.116. The predicted octanol–water partition coefficient (Wildman–Crippen LogP) is 2.85. The molecule has 6 nitrogen and oxygen atoms in total. The molecule has 144 valence electrons. The average Bonchev–Trinajstić information content (AvgIpc) is 2.70. The molecular formula is C21H20ClN3O3. The van der Waals surface area contributed by atoms with E-state index < -0.39 is 0 Å². The highest BCUT2D eigenvalue weighted by Crippen LogP contribution is 2.15. The third-order valence-corrected chi connectivity index (χ3v) is 4.02. The first-order valence-corrected chi connectivity index (χ1v) is 9.03. The van der Waals surface area contributed by atoms with Gasteiger partial charge in [0.05, 0.1) is 17.8 Å². The van der Waals surface area contributed by atoms with E-state index in [0.717, 1.165) is 0 Å². The van der Waals surface area contributed by atoms with E-state index in [1.165, 1.54) is 0 Å². The lowest BCUT2D eigenvalue weighted by atomic mass is 10.1. The second kappa shape index (κ2) is 10.8. The number of terminal acetylenes is 1. The van der Waals surface area contributed by atoms with Crippen molar-refractivity contribution in [3.63, 3.8) is 0 Å². The summed E-state index contributed by atoms with van der Waals surface area (Å²) in [6, 6.07) is 13.2. The molecule has 0 saturated carbocycles. The van der Waals surface area contributed by atoms with Crippen molar-refractivity contribution in [2.75, 3.05) is 18.4 Å². The number of carbonyl (C=O) groups excluding carboxylic acids is 3. The molecule has 3 N–H and O–H groups in total. The lowest BCUT2D eigenvalue weighted by Crippen LogP contribution is -2.26. The molecule has 0 spiro atoms. The maximum Gasteiger partial charge on any atom is 0.254 e. The normalized spacial score (nSPS) is 9.86. The third-order valence-electron chi connectivity index (χ3n) is 3.77. The van der Waals surface area contributed by atoms with E-state index in [4.69, 9.17) is 18.0 Å². The number of anilines is 1. The van der Waals surface area contributed by atoms with Crippen LogP contribution in [0, 0.1) is 12.3 Å².